The minimum Gasteiger partial charge on any atom is -0.391 e. The maximum atomic E-state index is 9.67. The van der Waals surface area contributed by atoms with Gasteiger partial charge in [-0.1, -0.05) is 6.08 Å². The van der Waals surface area contributed by atoms with Crippen LogP contribution in [0.15, 0.2) is 12.7 Å². The standard InChI is InChI=1S/C12H20O5/c1-5-6-14-9-8(7(2)13)15-11-10(9)16-12(3,4)17-11/h5,7-11,13H,1,6H2,2-4H3/t7-,8-,9-,10+,11+/m1/s1. The van der Waals surface area contributed by atoms with Crippen molar-refractivity contribution in [3.63, 3.8) is 0 Å². The van der Waals surface area contributed by atoms with Gasteiger partial charge < -0.3 is 24.1 Å². The Kier molecular flexibility index (Phi) is 3.56. The Hall–Kier alpha value is -0.460. The number of aliphatic hydroxyl groups excluding tert-OH is 1. The van der Waals surface area contributed by atoms with Crippen LogP contribution in [0.25, 0.3) is 0 Å². The first-order chi connectivity index (χ1) is 7.94. The molecule has 1 N–H and O–H groups in total. The van der Waals surface area contributed by atoms with Gasteiger partial charge in [0.05, 0.1) is 12.7 Å². The topological polar surface area (TPSA) is 57.2 Å². The Morgan fingerprint density at radius 2 is 2.18 bits per heavy atom. The van der Waals surface area contributed by atoms with Gasteiger partial charge in [-0.2, -0.15) is 0 Å². The summed E-state index contributed by atoms with van der Waals surface area (Å²) in [5.41, 5.74) is 0. The lowest BCUT2D eigenvalue weighted by atomic mass is 10.1. The van der Waals surface area contributed by atoms with Gasteiger partial charge >= 0.3 is 0 Å². The van der Waals surface area contributed by atoms with E-state index in [9.17, 15) is 5.11 Å². The molecule has 0 aromatic heterocycles. The lowest BCUT2D eigenvalue weighted by Crippen LogP contribution is -2.41. The van der Waals surface area contributed by atoms with Crippen LogP contribution in [0.1, 0.15) is 20.8 Å². The fraction of sp³-hybridized carbons (Fsp3) is 0.833. The van der Waals surface area contributed by atoms with Crippen molar-refractivity contribution in [1.82, 2.24) is 0 Å². The van der Waals surface area contributed by atoms with Gasteiger partial charge in [-0.3, -0.25) is 0 Å². The molecule has 2 rings (SSSR count). The molecule has 0 aliphatic carbocycles. The highest BCUT2D eigenvalue weighted by molar-refractivity contribution is 4.96. The summed E-state index contributed by atoms with van der Waals surface area (Å²) in [5.74, 6) is -0.672. The normalized spacial score (nSPS) is 41.2. The number of rotatable bonds is 4. The van der Waals surface area contributed by atoms with E-state index < -0.39 is 24.3 Å². The molecule has 2 fully saturated rings. The van der Waals surface area contributed by atoms with Gasteiger partial charge in [0.2, 0.25) is 0 Å². The largest absolute Gasteiger partial charge is 0.391 e. The van der Waals surface area contributed by atoms with Crippen LogP contribution < -0.4 is 0 Å². The molecule has 2 saturated heterocycles. The Balaban J connectivity index is 2.09. The summed E-state index contributed by atoms with van der Waals surface area (Å²) in [6.45, 7) is 9.33. The molecule has 0 aromatic carbocycles. The average Bonchev–Trinajstić information content (AvgIpc) is 2.67. The number of hydrogen-bond donors (Lipinski definition) is 1. The molecule has 0 radical (unpaired) electrons. The molecule has 98 valence electrons. The summed E-state index contributed by atoms with van der Waals surface area (Å²) in [7, 11) is 0. The molecule has 17 heavy (non-hydrogen) atoms. The zero-order chi connectivity index (χ0) is 12.6. The van der Waals surface area contributed by atoms with E-state index in [-0.39, 0.29) is 12.2 Å². The lowest BCUT2D eigenvalue weighted by molar-refractivity contribution is -0.227. The van der Waals surface area contributed by atoms with E-state index in [1.807, 2.05) is 13.8 Å². The van der Waals surface area contributed by atoms with Gasteiger partial charge in [-0.25, -0.2) is 0 Å². The van der Waals surface area contributed by atoms with E-state index in [1.54, 1.807) is 13.0 Å². The SMILES string of the molecule is C=CCO[C@H]1[C@@H]2OC(C)(C)O[C@@H]2O[C@@H]1[C@@H](C)O. The second-order valence-electron chi connectivity index (χ2n) is 4.90. The summed E-state index contributed by atoms with van der Waals surface area (Å²) in [5, 5.41) is 9.67. The molecular weight excluding hydrogens is 224 g/mol. The molecule has 5 heteroatoms. The van der Waals surface area contributed by atoms with Crippen LogP contribution in [0.5, 0.6) is 0 Å². The monoisotopic (exact) mass is 244 g/mol. The lowest BCUT2D eigenvalue weighted by Gasteiger charge is -2.26. The van der Waals surface area contributed by atoms with Crippen molar-refractivity contribution in [3.05, 3.63) is 12.7 Å². The Morgan fingerprint density at radius 1 is 1.47 bits per heavy atom. The third-order valence-electron chi connectivity index (χ3n) is 2.91. The number of fused-ring (bicyclic) bond motifs is 1. The minimum absolute atomic E-state index is 0.301. The summed E-state index contributed by atoms with van der Waals surface area (Å²) >= 11 is 0. The molecule has 2 aliphatic heterocycles. The van der Waals surface area contributed by atoms with Gasteiger partial charge in [0.1, 0.15) is 18.3 Å². The van der Waals surface area contributed by atoms with Crippen LogP contribution in [0, 0.1) is 0 Å². The van der Waals surface area contributed by atoms with Crippen LogP contribution in [0.3, 0.4) is 0 Å². The number of hydrogen-bond acceptors (Lipinski definition) is 5. The Labute approximate surface area is 101 Å². The molecule has 0 unspecified atom stereocenters. The predicted molar refractivity (Wildman–Crippen MR) is 60.3 cm³/mol. The third-order valence-corrected chi connectivity index (χ3v) is 2.91. The highest BCUT2D eigenvalue weighted by atomic mass is 16.8. The van der Waals surface area contributed by atoms with Crippen LogP contribution in [0.4, 0.5) is 0 Å². The van der Waals surface area contributed by atoms with Gasteiger partial charge in [-0.15, -0.1) is 6.58 Å². The molecule has 0 aromatic rings. The zero-order valence-corrected chi connectivity index (χ0v) is 10.5. The third kappa shape index (κ3) is 2.53. The van der Waals surface area contributed by atoms with Crippen molar-refractivity contribution in [2.24, 2.45) is 0 Å². The zero-order valence-electron chi connectivity index (χ0n) is 10.5. The summed E-state index contributed by atoms with van der Waals surface area (Å²) in [4.78, 5) is 0. The van der Waals surface area contributed by atoms with Crippen molar-refractivity contribution in [3.8, 4) is 0 Å². The van der Waals surface area contributed by atoms with Crippen molar-refractivity contribution >= 4 is 0 Å². The van der Waals surface area contributed by atoms with Crippen molar-refractivity contribution in [2.75, 3.05) is 6.61 Å². The second kappa shape index (κ2) is 4.66. The molecule has 5 nitrogen and oxygen atoms in total. The summed E-state index contributed by atoms with van der Waals surface area (Å²) in [6, 6.07) is 0. The van der Waals surface area contributed by atoms with Crippen LogP contribution >= 0.6 is 0 Å². The van der Waals surface area contributed by atoms with E-state index in [2.05, 4.69) is 6.58 Å². The minimum atomic E-state index is -0.672. The first-order valence-electron chi connectivity index (χ1n) is 5.86. The van der Waals surface area contributed by atoms with Crippen molar-refractivity contribution in [1.29, 1.82) is 0 Å². The fourth-order valence-corrected chi connectivity index (χ4v) is 2.26. The quantitative estimate of drug-likeness (QED) is 0.742. The van der Waals surface area contributed by atoms with Gasteiger partial charge in [0.15, 0.2) is 12.1 Å². The van der Waals surface area contributed by atoms with E-state index in [0.717, 1.165) is 0 Å². The molecular formula is C12H20O5. The summed E-state index contributed by atoms with van der Waals surface area (Å²) in [6.07, 6.45) is -0.511. The Morgan fingerprint density at radius 3 is 2.76 bits per heavy atom. The second-order valence-corrected chi connectivity index (χ2v) is 4.90. The van der Waals surface area contributed by atoms with Gasteiger partial charge in [0, 0.05) is 0 Å². The molecule has 0 saturated carbocycles. The summed E-state index contributed by atoms with van der Waals surface area (Å²) < 4.78 is 22.6. The highest BCUT2D eigenvalue weighted by Gasteiger charge is 2.56. The van der Waals surface area contributed by atoms with Crippen molar-refractivity contribution < 1.29 is 24.1 Å². The van der Waals surface area contributed by atoms with Crippen LogP contribution in [0.2, 0.25) is 0 Å². The van der Waals surface area contributed by atoms with E-state index in [0.29, 0.717) is 6.61 Å². The maximum absolute atomic E-state index is 9.67. The maximum Gasteiger partial charge on any atom is 0.190 e. The van der Waals surface area contributed by atoms with E-state index in [4.69, 9.17) is 18.9 Å². The molecule has 0 amide bonds. The number of ether oxygens (including phenoxy) is 4. The molecule has 5 atom stereocenters. The first kappa shape index (κ1) is 13.0. The average molecular weight is 244 g/mol. The highest BCUT2D eigenvalue weighted by Crippen LogP contribution is 2.39. The molecule has 2 aliphatic rings. The van der Waals surface area contributed by atoms with Gasteiger partial charge in [0.25, 0.3) is 0 Å². The molecule has 0 spiro atoms. The molecule has 0 bridgehead atoms. The predicted octanol–water partition coefficient (Wildman–Crippen LogP) is 0.815. The Bertz CT molecular complexity index is 289. The fourth-order valence-electron chi connectivity index (χ4n) is 2.26. The van der Waals surface area contributed by atoms with Gasteiger partial charge in [-0.05, 0) is 20.8 Å². The van der Waals surface area contributed by atoms with E-state index in [1.165, 1.54) is 0 Å². The van der Waals surface area contributed by atoms with E-state index >= 15 is 0 Å². The first-order valence-corrected chi connectivity index (χ1v) is 5.86. The van der Waals surface area contributed by atoms with Crippen LogP contribution in [-0.4, -0.2) is 48.2 Å². The molecule has 2 heterocycles. The van der Waals surface area contributed by atoms with Crippen molar-refractivity contribution in [2.45, 2.75) is 57.3 Å². The number of aliphatic hydroxyl groups is 1. The smallest absolute Gasteiger partial charge is 0.190 e. The van der Waals surface area contributed by atoms with Crippen LogP contribution in [-0.2, 0) is 18.9 Å².